The molecule has 0 aromatic heterocycles. The quantitative estimate of drug-likeness (QED) is 0.930. The molecule has 1 rings (SSSR count). The minimum absolute atomic E-state index is 0.104. The summed E-state index contributed by atoms with van der Waals surface area (Å²) in [6, 6.07) is 4.96. The summed E-state index contributed by atoms with van der Waals surface area (Å²) < 4.78 is 0. The van der Waals surface area contributed by atoms with Gasteiger partial charge in [-0.3, -0.25) is 9.59 Å². The average molecular weight is 317 g/mol. The third kappa shape index (κ3) is 4.69. The number of benzene rings is 1. The van der Waals surface area contributed by atoms with E-state index in [0.29, 0.717) is 10.7 Å². The largest absolute Gasteiger partial charge is 0.350 e. The summed E-state index contributed by atoms with van der Waals surface area (Å²) in [7, 11) is 0. The van der Waals surface area contributed by atoms with Gasteiger partial charge in [0.05, 0.1) is 15.7 Å². The fourth-order valence-corrected chi connectivity index (χ4v) is 2.07. The van der Waals surface area contributed by atoms with Crippen LogP contribution in [-0.4, -0.2) is 23.9 Å². The van der Waals surface area contributed by atoms with Crippen molar-refractivity contribution in [3.05, 3.63) is 28.2 Å². The highest BCUT2D eigenvalue weighted by molar-refractivity contribution is 6.44. The molecule has 0 aliphatic carbocycles. The second-order valence-electron chi connectivity index (χ2n) is 5.48. The molecule has 0 bridgehead atoms. The molecule has 0 fully saturated rings. The Hall–Kier alpha value is -1.26. The van der Waals surface area contributed by atoms with E-state index >= 15 is 0 Å². The van der Waals surface area contributed by atoms with E-state index in [9.17, 15) is 9.59 Å². The Labute approximate surface area is 129 Å². The summed E-state index contributed by atoms with van der Waals surface area (Å²) in [6.07, 6.45) is 0. The lowest BCUT2D eigenvalue weighted by atomic mass is 10.1. The number of nitrogens with zero attached hydrogens (tertiary/aromatic N) is 1. The molecule has 20 heavy (non-hydrogen) atoms. The topological polar surface area (TPSA) is 49.4 Å². The van der Waals surface area contributed by atoms with Crippen molar-refractivity contribution >= 4 is 40.7 Å². The maximum absolute atomic E-state index is 12.0. The normalized spacial score (nSPS) is 11.1. The smallest absolute Gasteiger partial charge is 0.240 e. The SMILES string of the molecule is CC(=O)N(CC(=O)NC(C)(C)C)c1cccc(Cl)c1Cl. The summed E-state index contributed by atoms with van der Waals surface area (Å²) in [5, 5.41) is 3.40. The molecule has 0 aliphatic rings. The fraction of sp³-hybridized carbons (Fsp3) is 0.429. The molecule has 2 amide bonds. The number of hydrogen-bond donors (Lipinski definition) is 1. The van der Waals surface area contributed by atoms with E-state index in [0.717, 1.165) is 0 Å². The molecule has 6 heteroatoms. The van der Waals surface area contributed by atoms with E-state index in [2.05, 4.69) is 5.32 Å². The first-order chi connectivity index (χ1) is 9.11. The minimum atomic E-state index is -0.363. The third-order valence-electron chi connectivity index (χ3n) is 2.42. The van der Waals surface area contributed by atoms with Gasteiger partial charge in [0.15, 0.2) is 0 Å². The van der Waals surface area contributed by atoms with Crippen molar-refractivity contribution in [2.24, 2.45) is 0 Å². The molecule has 4 nitrogen and oxygen atoms in total. The molecule has 0 saturated heterocycles. The van der Waals surface area contributed by atoms with Crippen LogP contribution in [0.25, 0.3) is 0 Å². The Morgan fingerprint density at radius 1 is 1.25 bits per heavy atom. The van der Waals surface area contributed by atoms with Gasteiger partial charge in [-0.05, 0) is 32.9 Å². The van der Waals surface area contributed by atoms with E-state index in [1.165, 1.54) is 11.8 Å². The van der Waals surface area contributed by atoms with Crippen LogP contribution in [0.4, 0.5) is 5.69 Å². The van der Waals surface area contributed by atoms with Crippen LogP contribution in [0.15, 0.2) is 18.2 Å². The Morgan fingerprint density at radius 3 is 2.35 bits per heavy atom. The molecule has 110 valence electrons. The Kier molecular flexibility index (Phi) is 5.42. The first-order valence-electron chi connectivity index (χ1n) is 6.15. The van der Waals surface area contributed by atoms with E-state index < -0.39 is 0 Å². The molecule has 0 saturated carbocycles. The summed E-state index contributed by atoms with van der Waals surface area (Å²) in [6.45, 7) is 6.88. The summed E-state index contributed by atoms with van der Waals surface area (Å²) in [5.74, 6) is -0.540. The first kappa shape index (κ1) is 16.8. The lowest BCUT2D eigenvalue weighted by Crippen LogP contribution is -2.47. The van der Waals surface area contributed by atoms with Crippen LogP contribution < -0.4 is 10.2 Å². The zero-order valence-electron chi connectivity index (χ0n) is 12.0. The fourth-order valence-electron chi connectivity index (χ4n) is 1.67. The van der Waals surface area contributed by atoms with Gasteiger partial charge in [0, 0.05) is 12.5 Å². The van der Waals surface area contributed by atoms with Gasteiger partial charge in [-0.2, -0.15) is 0 Å². The maximum atomic E-state index is 12.0. The van der Waals surface area contributed by atoms with Gasteiger partial charge >= 0.3 is 0 Å². The molecular formula is C14H18Cl2N2O2. The van der Waals surface area contributed by atoms with Crippen molar-refractivity contribution in [3.63, 3.8) is 0 Å². The van der Waals surface area contributed by atoms with Crippen LogP contribution >= 0.6 is 23.2 Å². The second kappa shape index (κ2) is 6.46. The molecule has 1 N–H and O–H groups in total. The number of hydrogen-bond acceptors (Lipinski definition) is 2. The Balaban J connectivity index is 2.99. The van der Waals surface area contributed by atoms with Gasteiger partial charge in [-0.15, -0.1) is 0 Å². The molecular weight excluding hydrogens is 299 g/mol. The van der Waals surface area contributed by atoms with E-state index in [4.69, 9.17) is 23.2 Å². The Morgan fingerprint density at radius 2 is 1.85 bits per heavy atom. The number of rotatable bonds is 3. The monoisotopic (exact) mass is 316 g/mol. The zero-order chi connectivity index (χ0) is 15.5. The Bertz CT molecular complexity index is 524. The van der Waals surface area contributed by atoms with Crippen molar-refractivity contribution in [3.8, 4) is 0 Å². The number of carbonyl (C=O) groups excluding carboxylic acids is 2. The number of carbonyl (C=O) groups is 2. The van der Waals surface area contributed by atoms with Crippen LogP contribution in [0.2, 0.25) is 10.0 Å². The second-order valence-corrected chi connectivity index (χ2v) is 6.26. The molecule has 0 spiro atoms. The highest BCUT2D eigenvalue weighted by Gasteiger charge is 2.21. The molecule has 0 radical (unpaired) electrons. The van der Waals surface area contributed by atoms with Gasteiger partial charge in [-0.25, -0.2) is 0 Å². The van der Waals surface area contributed by atoms with Crippen molar-refractivity contribution in [1.82, 2.24) is 5.32 Å². The molecule has 0 aliphatic heterocycles. The highest BCUT2D eigenvalue weighted by Crippen LogP contribution is 2.32. The number of anilines is 1. The van der Waals surface area contributed by atoms with E-state index in [-0.39, 0.29) is 28.9 Å². The van der Waals surface area contributed by atoms with Crippen molar-refractivity contribution in [1.29, 1.82) is 0 Å². The van der Waals surface area contributed by atoms with E-state index in [1.54, 1.807) is 18.2 Å². The summed E-state index contributed by atoms with van der Waals surface area (Å²) in [5.41, 5.74) is 0.0632. The van der Waals surface area contributed by atoms with Crippen molar-refractivity contribution in [2.75, 3.05) is 11.4 Å². The predicted molar refractivity (Wildman–Crippen MR) is 82.4 cm³/mol. The number of halogens is 2. The summed E-state index contributed by atoms with van der Waals surface area (Å²) >= 11 is 12.0. The molecule has 0 atom stereocenters. The van der Waals surface area contributed by atoms with Crippen LogP contribution in [0, 0.1) is 0 Å². The lowest BCUT2D eigenvalue weighted by molar-refractivity contribution is -0.124. The van der Waals surface area contributed by atoms with Crippen molar-refractivity contribution < 1.29 is 9.59 Å². The third-order valence-corrected chi connectivity index (χ3v) is 3.23. The van der Waals surface area contributed by atoms with Crippen LogP contribution in [0.1, 0.15) is 27.7 Å². The standard InChI is InChI=1S/C14H18Cl2N2O2/c1-9(19)18(8-12(20)17-14(2,3)4)11-7-5-6-10(15)13(11)16/h5-7H,8H2,1-4H3,(H,17,20). The van der Waals surface area contributed by atoms with Gasteiger partial charge in [0.25, 0.3) is 0 Å². The lowest BCUT2D eigenvalue weighted by Gasteiger charge is -2.26. The van der Waals surface area contributed by atoms with Crippen LogP contribution in [-0.2, 0) is 9.59 Å². The number of amides is 2. The van der Waals surface area contributed by atoms with Gasteiger partial charge < -0.3 is 10.2 Å². The molecule has 1 aromatic carbocycles. The maximum Gasteiger partial charge on any atom is 0.240 e. The first-order valence-corrected chi connectivity index (χ1v) is 6.90. The van der Waals surface area contributed by atoms with Gasteiger partial charge in [0.1, 0.15) is 6.54 Å². The average Bonchev–Trinajstić information content (AvgIpc) is 2.27. The van der Waals surface area contributed by atoms with Gasteiger partial charge in [0.2, 0.25) is 11.8 Å². The zero-order valence-corrected chi connectivity index (χ0v) is 13.5. The minimum Gasteiger partial charge on any atom is -0.350 e. The van der Waals surface area contributed by atoms with Crippen LogP contribution in [0.5, 0.6) is 0 Å². The van der Waals surface area contributed by atoms with Crippen LogP contribution in [0.3, 0.4) is 0 Å². The van der Waals surface area contributed by atoms with Crippen molar-refractivity contribution in [2.45, 2.75) is 33.2 Å². The number of nitrogens with one attached hydrogen (secondary N) is 1. The molecule has 0 unspecified atom stereocenters. The summed E-state index contributed by atoms with van der Waals surface area (Å²) in [4.78, 5) is 25.0. The van der Waals surface area contributed by atoms with Gasteiger partial charge in [-0.1, -0.05) is 29.3 Å². The molecule has 1 aromatic rings. The van der Waals surface area contributed by atoms with E-state index in [1.807, 2.05) is 20.8 Å². The molecule has 0 heterocycles. The highest BCUT2D eigenvalue weighted by atomic mass is 35.5. The predicted octanol–water partition coefficient (Wildman–Crippen LogP) is 3.26.